The van der Waals surface area contributed by atoms with Gasteiger partial charge in [-0.25, -0.2) is 18.0 Å². The van der Waals surface area contributed by atoms with Gasteiger partial charge in [-0.2, -0.15) is 0 Å². The van der Waals surface area contributed by atoms with E-state index >= 15 is 0 Å². The number of hydrogen-bond donors (Lipinski definition) is 1. The Bertz CT molecular complexity index is 1700. The SMILES string of the molecule is CCOC(=O)c1c(NC(=O)[C@@H](C)OC(=O)c2ccc(OC)c(S(=O)(=O)N3CCCc4ccccc43)c2)sc2c1CC[C@@H](C)C2. The minimum atomic E-state index is -4.10. The minimum Gasteiger partial charge on any atom is -0.495 e. The van der Waals surface area contributed by atoms with E-state index in [2.05, 4.69) is 12.2 Å². The number of methoxy groups -OCH3 is 1. The van der Waals surface area contributed by atoms with Gasteiger partial charge in [0, 0.05) is 11.4 Å². The lowest BCUT2D eigenvalue weighted by Gasteiger charge is -2.31. The number of anilines is 2. The molecule has 10 nitrogen and oxygen atoms in total. The van der Waals surface area contributed by atoms with Crippen LogP contribution in [0.15, 0.2) is 47.4 Å². The summed E-state index contributed by atoms with van der Waals surface area (Å²) >= 11 is 1.34. The molecule has 0 radical (unpaired) electrons. The lowest BCUT2D eigenvalue weighted by molar-refractivity contribution is -0.123. The molecular formula is C32H36N2O8S2. The zero-order chi connectivity index (χ0) is 31.6. The number of para-hydroxylation sites is 1. The van der Waals surface area contributed by atoms with Crippen molar-refractivity contribution in [3.63, 3.8) is 0 Å². The molecule has 1 aliphatic heterocycles. The number of thiophene rings is 1. The number of amides is 1. The Morgan fingerprint density at radius 2 is 1.89 bits per heavy atom. The highest BCUT2D eigenvalue weighted by Gasteiger charge is 2.33. The zero-order valence-corrected chi connectivity index (χ0v) is 26.8. The molecule has 44 heavy (non-hydrogen) atoms. The van der Waals surface area contributed by atoms with Crippen molar-refractivity contribution in [3.8, 4) is 5.75 Å². The van der Waals surface area contributed by atoms with Gasteiger partial charge in [0.25, 0.3) is 15.9 Å². The maximum atomic E-state index is 13.9. The van der Waals surface area contributed by atoms with Crippen molar-refractivity contribution >= 4 is 49.9 Å². The van der Waals surface area contributed by atoms with Gasteiger partial charge >= 0.3 is 11.9 Å². The summed E-state index contributed by atoms with van der Waals surface area (Å²) in [4.78, 5) is 40.1. The molecule has 2 heterocycles. The number of nitrogens with zero attached hydrogens (tertiary/aromatic N) is 1. The van der Waals surface area contributed by atoms with E-state index in [9.17, 15) is 22.8 Å². The maximum Gasteiger partial charge on any atom is 0.341 e. The van der Waals surface area contributed by atoms with Gasteiger partial charge in [-0.3, -0.25) is 9.10 Å². The van der Waals surface area contributed by atoms with Gasteiger partial charge in [0.2, 0.25) is 0 Å². The van der Waals surface area contributed by atoms with Crippen LogP contribution in [0.1, 0.15) is 70.3 Å². The number of hydrogen-bond acceptors (Lipinski definition) is 9. The summed E-state index contributed by atoms with van der Waals surface area (Å²) in [5.41, 5.74) is 2.71. The molecule has 234 valence electrons. The summed E-state index contributed by atoms with van der Waals surface area (Å²) < 4.78 is 45.2. The van der Waals surface area contributed by atoms with Crippen molar-refractivity contribution in [1.82, 2.24) is 0 Å². The molecule has 1 amide bonds. The molecule has 2 atom stereocenters. The lowest BCUT2D eigenvalue weighted by Crippen LogP contribution is -2.35. The van der Waals surface area contributed by atoms with E-state index < -0.39 is 34.0 Å². The molecule has 5 rings (SSSR count). The maximum absolute atomic E-state index is 13.9. The fourth-order valence-electron chi connectivity index (χ4n) is 5.63. The number of fused-ring (bicyclic) bond motifs is 2. The van der Waals surface area contributed by atoms with Crippen molar-refractivity contribution in [2.45, 2.75) is 63.9 Å². The van der Waals surface area contributed by atoms with Crippen LogP contribution in [0.3, 0.4) is 0 Å². The first-order valence-corrected chi connectivity index (χ1v) is 16.9. The second-order valence-electron chi connectivity index (χ2n) is 11.0. The van der Waals surface area contributed by atoms with Gasteiger partial charge in [-0.1, -0.05) is 25.1 Å². The number of nitrogens with one attached hydrogen (secondary N) is 1. The van der Waals surface area contributed by atoms with Crippen LogP contribution in [-0.4, -0.2) is 52.6 Å². The number of benzene rings is 2. The number of carbonyl (C=O) groups excluding carboxylic acids is 3. The molecular weight excluding hydrogens is 604 g/mol. The number of carbonyl (C=O) groups is 3. The van der Waals surface area contributed by atoms with Gasteiger partial charge < -0.3 is 19.5 Å². The van der Waals surface area contributed by atoms with Crippen molar-refractivity contribution in [2.24, 2.45) is 5.92 Å². The van der Waals surface area contributed by atoms with Crippen molar-refractivity contribution < 1.29 is 37.0 Å². The normalized spacial score (nSPS) is 16.7. The molecule has 0 bridgehead atoms. The number of aryl methyl sites for hydroxylation is 1. The Morgan fingerprint density at radius 1 is 1.11 bits per heavy atom. The molecule has 2 aromatic carbocycles. The van der Waals surface area contributed by atoms with E-state index in [-0.39, 0.29) is 29.4 Å². The largest absolute Gasteiger partial charge is 0.495 e. The van der Waals surface area contributed by atoms with Crippen LogP contribution < -0.4 is 14.4 Å². The Hall–Kier alpha value is -3.90. The van der Waals surface area contributed by atoms with Gasteiger partial charge in [-0.05, 0) is 87.3 Å². The molecule has 2 aliphatic rings. The van der Waals surface area contributed by atoms with E-state index in [0.717, 1.165) is 35.3 Å². The fraction of sp³-hybridized carbons (Fsp3) is 0.406. The minimum absolute atomic E-state index is 0.0536. The first-order chi connectivity index (χ1) is 21.0. The van der Waals surface area contributed by atoms with Crippen LogP contribution in [-0.2, 0) is 43.6 Å². The quantitative estimate of drug-likeness (QED) is 0.309. The third-order valence-corrected chi connectivity index (χ3v) is 10.9. The molecule has 1 aliphatic carbocycles. The Kier molecular flexibility index (Phi) is 9.31. The predicted octanol–water partition coefficient (Wildman–Crippen LogP) is 5.38. The Morgan fingerprint density at radius 3 is 2.64 bits per heavy atom. The molecule has 1 N–H and O–H groups in total. The topological polar surface area (TPSA) is 128 Å². The summed E-state index contributed by atoms with van der Waals surface area (Å²) in [6, 6.07) is 11.3. The number of rotatable bonds is 9. The Balaban J connectivity index is 1.36. The predicted molar refractivity (Wildman–Crippen MR) is 167 cm³/mol. The van der Waals surface area contributed by atoms with E-state index in [1.807, 2.05) is 12.1 Å². The first kappa shape index (κ1) is 31.5. The van der Waals surface area contributed by atoms with Gasteiger partial charge in [-0.15, -0.1) is 11.3 Å². The Labute approximate surface area is 261 Å². The van der Waals surface area contributed by atoms with E-state index in [1.54, 1.807) is 19.1 Å². The van der Waals surface area contributed by atoms with Crippen LogP contribution in [0, 0.1) is 5.92 Å². The molecule has 0 unspecified atom stereocenters. The van der Waals surface area contributed by atoms with Gasteiger partial charge in [0.1, 0.15) is 15.6 Å². The number of ether oxygens (including phenoxy) is 3. The van der Waals surface area contributed by atoms with E-state index in [4.69, 9.17) is 14.2 Å². The first-order valence-electron chi connectivity index (χ1n) is 14.7. The number of sulfonamides is 1. The fourth-order valence-corrected chi connectivity index (χ4v) is 8.75. The highest BCUT2D eigenvalue weighted by molar-refractivity contribution is 7.93. The smallest absolute Gasteiger partial charge is 0.341 e. The molecule has 0 spiro atoms. The van der Waals surface area contributed by atoms with Crippen molar-refractivity contribution in [3.05, 3.63) is 69.6 Å². The summed E-state index contributed by atoms with van der Waals surface area (Å²) in [6.45, 7) is 5.77. The lowest BCUT2D eigenvalue weighted by atomic mass is 9.88. The second kappa shape index (κ2) is 13.0. The standard InChI is InChI=1S/C32H36N2O8S2/c1-5-41-32(37)28-23-14-12-19(2)17-26(23)43-30(28)33-29(35)20(3)42-31(36)22-13-15-25(40-4)27(18-22)44(38,39)34-16-8-10-21-9-6-7-11-24(21)34/h6-7,9,11,13,15,18-20H,5,8,10,12,14,16-17H2,1-4H3,(H,33,35)/t19-,20-/m1/s1. The van der Waals surface area contributed by atoms with Crippen LogP contribution in [0.2, 0.25) is 0 Å². The molecule has 0 fully saturated rings. The van der Waals surface area contributed by atoms with Crippen molar-refractivity contribution in [2.75, 3.05) is 29.9 Å². The average Bonchev–Trinajstić information content (AvgIpc) is 3.37. The zero-order valence-electron chi connectivity index (χ0n) is 25.2. The third kappa shape index (κ3) is 6.18. The highest BCUT2D eigenvalue weighted by Crippen LogP contribution is 2.40. The van der Waals surface area contributed by atoms with E-state index in [1.165, 1.54) is 47.9 Å². The molecule has 0 saturated heterocycles. The summed E-state index contributed by atoms with van der Waals surface area (Å²) in [6.07, 6.45) is 2.62. The van der Waals surface area contributed by atoms with Gasteiger partial charge in [0.15, 0.2) is 6.10 Å². The number of esters is 2. The van der Waals surface area contributed by atoms with Crippen LogP contribution in [0.4, 0.5) is 10.7 Å². The highest BCUT2D eigenvalue weighted by atomic mass is 32.2. The monoisotopic (exact) mass is 640 g/mol. The summed E-state index contributed by atoms with van der Waals surface area (Å²) in [7, 11) is -2.75. The molecule has 1 aromatic heterocycles. The summed E-state index contributed by atoms with van der Waals surface area (Å²) in [5, 5.41) is 3.13. The average molecular weight is 641 g/mol. The summed E-state index contributed by atoms with van der Waals surface area (Å²) in [5.74, 6) is -1.46. The van der Waals surface area contributed by atoms with E-state index in [0.29, 0.717) is 35.0 Å². The van der Waals surface area contributed by atoms with Crippen LogP contribution in [0.5, 0.6) is 5.75 Å². The second-order valence-corrected chi connectivity index (χ2v) is 13.9. The van der Waals surface area contributed by atoms with Crippen molar-refractivity contribution in [1.29, 1.82) is 0 Å². The van der Waals surface area contributed by atoms with Crippen LogP contribution in [0.25, 0.3) is 0 Å². The molecule has 12 heteroatoms. The van der Waals surface area contributed by atoms with Gasteiger partial charge in [0.05, 0.1) is 30.5 Å². The molecule has 3 aromatic rings. The third-order valence-electron chi connectivity index (χ3n) is 7.92. The molecule has 0 saturated carbocycles. The van der Waals surface area contributed by atoms with Crippen LogP contribution >= 0.6 is 11.3 Å².